The van der Waals surface area contributed by atoms with E-state index in [0.29, 0.717) is 40.7 Å². The van der Waals surface area contributed by atoms with Gasteiger partial charge in [-0.3, -0.25) is 9.11 Å². The smallest absolute Gasteiger partial charge is 0.269 e. The summed E-state index contributed by atoms with van der Waals surface area (Å²) in [6.07, 6.45) is 8.31. The Morgan fingerprint density at radius 1 is 0.547 bits per heavy atom. The van der Waals surface area contributed by atoms with Gasteiger partial charge in [0.15, 0.2) is 0 Å². The minimum Gasteiger partial charge on any atom is -0.285 e. The third-order valence-corrected chi connectivity index (χ3v) is 12.4. The van der Waals surface area contributed by atoms with Crippen LogP contribution in [0.4, 0.5) is 0 Å². The molecule has 0 aliphatic rings. The molecule has 0 bridgehead atoms. The first-order chi connectivity index (χ1) is 25.0. The van der Waals surface area contributed by atoms with Crippen molar-refractivity contribution < 1.29 is 25.9 Å². The zero-order valence-corrected chi connectivity index (χ0v) is 33.8. The van der Waals surface area contributed by atoms with Crippen LogP contribution in [0, 0.1) is 11.3 Å². The molecule has 0 saturated heterocycles. The summed E-state index contributed by atoms with van der Waals surface area (Å²) in [4.78, 5) is 0. The van der Waals surface area contributed by atoms with Gasteiger partial charge in [-0.05, 0) is 113 Å². The predicted octanol–water partition coefficient (Wildman–Crippen LogP) is 11.7. The minimum atomic E-state index is -4.09. The van der Waals surface area contributed by atoms with E-state index in [4.69, 9.17) is 0 Å². The summed E-state index contributed by atoms with van der Waals surface area (Å²) in [5.74, 6) is 1.15. The average molecular weight is 761 g/mol. The van der Waals surface area contributed by atoms with Gasteiger partial charge in [0.25, 0.3) is 20.2 Å². The summed E-state index contributed by atoms with van der Waals surface area (Å²) in [7, 11) is -8.18. The van der Waals surface area contributed by atoms with Crippen molar-refractivity contribution in [2.45, 2.75) is 121 Å². The average Bonchev–Trinajstić information content (AvgIpc) is 3.10. The third kappa shape index (κ3) is 14.8. The van der Waals surface area contributed by atoms with Gasteiger partial charge in [0.2, 0.25) is 0 Å². The van der Waals surface area contributed by atoms with E-state index in [1.54, 1.807) is 0 Å². The summed E-state index contributed by atoms with van der Waals surface area (Å²) in [6.45, 7) is 11.7. The molecule has 0 fully saturated rings. The molecule has 6 nitrogen and oxygen atoms in total. The van der Waals surface area contributed by atoms with Crippen LogP contribution >= 0.6 is 0 Å². The predicted molar refractivity (Wildman–Crippen MR) is 218 cm³/mol. The van der Waals surface area contributed by atoms with Crippen LogP contribution in [0.3, 0.4) is 0 Å². The molecule has 0 spiro atoms. The Labute approximate surface area is 320 Å². The molecule has 5 unspecified atom stereocenters. The molecule has 0 aliphatic carbocycles. The first-order valence-corrected chi connectivity index (χ1v) is 22.4. The molecular formula is C45H60O6S2. The number of hydrogen-bond donors (Lipinski definition) is 2. The van der Waals surface area contributed by atoms with Crippen LogP contribution in [0.1, 0.15) is 143 Å². The number of rotatable bonds is 21. The molecule has 2 N–H and O–H groups in total. The lowest BCUT2D eigenvalue weighted by Gasteiger charge is -2.32. The Kier molecular flexibility index (Phi) is 15.5. The highest BCUT2D eigenvalue weighted by molar-refractivity contribution is 7.85. The van der Waals surface area contributed by atoms with Crippen molar-refractivity contribution in [3.05, 3.63) is 143 Å². The number of benzene rings is 4. The van der Waals surface area contributed by atoms with E-state index in [0.717, 1.165) is 51.4 Å². The van der Waals surface area contributed by atoms with Crippen molar-refractivity contribution in [1.29, 1.82) is 0 Å². The van der Waals surface area contributed by atoms with Crippen LogP contribution in [0.5, 0.6) is 0 Å². The van der Waals surface area contributed by atoms with Gasteiger partial charge in [0.05, 0.1) is 0 Å². The fourth-order valence-electron chi connectivity index (χ4n) is 8.18. The van der Waals surface area contributed by atoms with Crippen LogP contribution in [0.2, 0.25) is 0 Å². The molecular weight excluding hydrogens is 701 g/mol. The van der Waals surface area contributed by atoms with E-state index in [2.05, 4.69) is 89.2 Å². The van der Waals surface area contributed by atoms with Crippen LogP contribution in [-0.4, -0.2) is 25.9 Å². The largest absolute Gasteiger partial charge is 0.285 e. The summed E-state index contributed by atoms with van der Waals surface area (Å²) >= 11 is 0. The summed E-state index contributed by atoms with van der Waals surface area (Å²) in [5, 5.41) is 0. The maximum atomic E-state index is 11.5. The van der Waals surface area contributed by atoms with Crippen molar-refractivity contribution in [2.24, 2.45) is 11.3 Å². The highest BCUT2D eigenvalue weighted by Crippen LogP contribution is 2.41. The lowest BCUT2D eigenvalue weighted by Crippen LogP contribution is -2.18. The Morgan fingerprint density at radius 3 is 1.43 bits per heavy atom. The van der Waals surface area contributed by atoms with E-state index in [1.807, 2.05) is 54.6 Å². The summed E-state index contributed by atoms with van der Waals surface area (Å²) in [6, 6.07) is 36.8. The van der Waals surface area contributed by atoms with Gasteiger partial charge < -0.3 is 0 Å². The molecule has 8 heteroatoms. The Bertz CT molecular complexity index is 1890. The van der Waals surface area contributed by atoms with Gasteiger partial charge in [-0.25, -0.2) is 0 Å². The first-order valence-electron chi connectivity index (χ1n) is 19.2. The second kappa shape index (κ2) is 19.3. The fourth-order valence-corrected chi connectivity index (χ4v) is 9.41. The summed E-state index contributed by atoms with van der Waals surface area (Å²) in [5.41, 5.74) is 6.36. The molecule has 4 rings (SSSR count). The van der Waals surface area contributed by atoms with Gasteiger partial charge in [-0.15, -0.1) is 0 Å². The Hall–Kier alpha value is -3.30. The lowest BCUT2D eigenvalue weighted by molar-refractivity contribution is 0.230. The van der Waals surface area contributed by atoms with Crippen LogP contribution < -0.4 is 0 Å². The van der Waals surface area contributed by atoms with E-state index in [9.17, 15) is 25.9 Å². The topological polar surface area (TPSA) is 109 Å². The molecule has 0 saturated carbocycles. The van der Waals surface area contributed by atoms with Gasteiger partial charge in [-0.2, -0.15) is 16.8 Å². The van der Waals surface area contributed by atoms with Crippen molar-refractivity contribution in [3.63, 3.8) is 0 Å². The van der Waals surface area contributed by atoms with Crippen LogP contribution in [0.15, 0.2) is 109 Å². The van der Waals surface area contributed by atoms with Gasteiger partial charge >= 0.3 is 0 Å². The highest BCUT2D eigenvalue weighted by atomic mass is 32.2. The SMILES string of the molecule is CCC(CC(CCC(C)(C)CC(C)CCC(CC(C)c1ccccc1)c1ccc(CS(=O)(=O)O)cc1)c1ccc(CS(=O)(=O)O)cc1)c1ccccc1. The number of hydrogen-bond acceptors (Lipinski definition) is 4. The maximum Gasteiger partial charge on any atom is 0.269 e. The van der Waals surface area contributed by atoms with Crippen molar-refractivity contribution in [3.8, 4) is 0 Å². The minimum absolute atomic E-state index is 0.112. The van der Waals surface area contributed by atoms with Crippen LogP contribution in [-0.2, 0) is 31.7 Å². The Morgan fingerprint density at radius 2 is 0.981 bits per heavy atom. The monoisotopic (exact) mass is 760 g/mol. The summed E-state index contributed by atoms with van der Waals surface area (Å²) < 4.78 is 64.7. The van der Waals surface area contributed by atoms with Crippen molar-refractivity contribution >= 4 is 20.2 Å². The molecule has 0 amide bonds. The second-order valence-corrected chi connectivity index (χ2v) is 19.1. The molecule has 4 aromatic carbocycles. The highest BCUT2D eigenvalue weighted by Gasteiger charge is 2.27. The maximum absolute atomic E-state index is 11.5. The first kappa shape index (κ1) is 42.4. The zero-order valence-electron chi connectivity index (χ0n) is 32.2. The standard InChI is InChI=1S/C45H60O6S2/c1-6-38(40-15-11-8-12-16-40)30-44(42-25-20-37(21-26-42)33-53(49,50)51)27-28-45(4,5)31-34(2)17-22-43(29-35(3)39-13-9-7-10-14-39)41-23-18-36(19-24-41)32-52(46,47)48/h7-16,18-21,23-26,34-35,38,43-44H,6,17,22,27-33H2,1-5H3,(H,46,47,48)(H,49,50,51). The molecule has 53 heavy (non-hydrogen) atoms. The Balaban J connectivity index is 1.45. The quantitative estimate of drug-likeness (QED) is 0.0819. The second-order valence-electron chi connectivity index (χ2n) is 16.2. The molecule has 0 radical (unpaired) electrons. The van der Waals surface area contributed by atoms with Crippen molar-refractivity contribution in [1.82, 2.24) is 0 Å². The third-order valence-electron chi connectivity index (χ3n) is 11.0. The molecule has 5 atom stereocenters. The molecule has 0 heterocycles. The lowest BCUT2D eigenvalue weighted by atomic mass is 9.73. The molecule has 288 valence electrons. The fraction of sp³-hybridized carbons (Fsp3) is 0.467. The molecule has 4 aromatic rings. The van der Waals surface area contributed by atoms with Gasteiger partial charge in [0.1, 0.15) is 11.5 Å². The van der Waals surface area contributed by atoms with Crippen molar-refractivity contribution in [2.75, 3.05) is 0 Å². The van der Waals surface area contributed by atoms with E-state index in [1.165, 1.54) is 22.3 Å². The molecule has 0 aliphatic heterocycles. The zero-order chi connectivity index (χ0) is 38.6. The van der Waals surface area contributed by atoms with Gasteiger partial charge in [0, 0.05) is 0 Å². The normalized spacial score (nSPS) is 15.4. The van der Waals surface area contributed by atoms with E-state index < -0.39 is 20.2 Å². The van der Waals surface area contributed by atoms with E-state index in [-0.39, 0.29) is 16.9 Å². The van der Waals surface area contributed by atoms with Gasteiger partial charge in [-0.1, -0.05) is 150 Å². The van der Waals surface area contributed by atoms with E-state index >= 15 is 0 Å². The van der Waals surface area contributed by atoms with Crippen LogP contribution in [0.25, 0.3) is 0 Å². The molecule has 0 aromatic heterocycles.